The normalized spacial score (nSPS) is 26.6. The molecule has 0 aromatic rings. The van der Waals surface area contributed by atoms with Gasteiger partial charge in [-0.25, -0.2) is 0 Å². The van der Waals surface area contributed by atoms with Crippen molar-refractivity contribution in [2.45, 2.75) is 31.6 Å². The van der Waals surface area contributed by atoms with E-state index in [-0.39, 0.29) is 31.6 Å². The molecule has 2 amide bonds. The van der Waals surface area contributed by atoms with Crippen LogP contribution in [0.15, 0.2) is 0 Å². The molecule has 1 saturated heterocycles. The van der Waals surface area contributed by atoms with Crippen LogP contribution in [0.25, 0.3) is 0 Å². The second-order valence-corrected chi connectivity index (χ2v) is 4.27. The molecule has 7 nitrogen and oxygen atoms in total. The van der Waals surface area contributed by atoms with Crippen molar-refractivity contribution in [2.75, 3.05) is 19.7 Å². The molecule has 1 heterocycles. The summed E-state index contributed by atoms with van der Waals surface area (Å²) < 4.78 is 5.40. The second-order valence-electron chi connectivity index (χ2n) is 4.27. The fraction of sp³-hybridized carbons (Fsp3) is 0.800. The van der Waals surface area contributed by atoms with Crippen molar-refractivity contribution in [1.82, 2.24) is 4.90 Å². The Balaban J connectivity index is 2.58. The van der Waals surface area contributed by atoms with Crippen LogP contribution < -0.4 is 11.5 Å². The minimum atomic E-state index is -0.919. The Hall–Kier alpha value is -1.18. The molecule has 7 heteroatoms. The number of carbonyl (C=O) groups is 2. The maximum Gasteiger partial charge on any atom is 0.240 e. The third-order valence-corrected chi connectivity index (χ3v) is 2.58. The van der Waals surface area contributed by atoms with E-state index in [1.54, 1.807) is 0 Å². The van der Waals surface area contributed by atoms with Crippen LogP contribution >= 0.6 is 0 Å². The minimum absolute atomic E-state index is 0.154. The van der Waals surface area contributed by atoms with E-state index in [0.29, 0.717) is 6.54 Å². The first kappa shape index (κ1) is 13.9. The highest BCUT2D eigenvalue weighted by atomic mass is 16.5. The number of aliphatic hydroxyl groups is 1. The van der Waals surface area contributed by atoms with Gasteiger partial charge in [-0.2, -0.15) is 0 Å². The number of hydrogen-bond donors (Lipinski definition) is 3. The van der Waals surface area contributed by atoms with Gasteiger partial charge in [0.25, 0.3) is 0 Å². The standard InChI is InChI=1S/C10H19N3O4/c1-6-3-13(4-7(5-14)17-6)10(16)8(11)2-9(12)15/h6-8,14H,2-5,11H2,1H3,(H2,12,15). The third kappa shape index (κ3) is 3.95. The summed E-state index contributed by atoms with van der Waals surface area (Å²) in [5.41, 5.74) is 10.6. The Morgan fingerprint density at radius 1 is 1.53 bits per heavy atom. The molecule has 1 rings (SSSR count). The number of amides is 2. The Morgan fingerprint density at radius 2 is 2.18 bits per heavy atom. The van der Waals surface area contributed by atoms with Crippen LogP contribution in [0.1, 0.15) is 13.3 Å². The van der Waals surface area contributed by atoms with Crippen LogP contribution in [0, 0.1) is 0 Å². The van der Waals surface area contributed by atoms with Crippen LogP contribution in [0.4, 0.5) is 0 Å². The zero-order chi connectivity index (χ0) is 13.0. The van der Waals surface area contributed by atoms with Gasteiger partial charge in [-0.05, 0) is 6.92 Å². The molecular formula is C10H19N3O4. The molecule has 1 aliphatic heterocycles. The summed E-state index contributed by atoms with van der Waals surface area (Å²) >= 11 is 0. The van der Waals surface area contributed by atoms with E-state index in [1.165, 1.54) is 4.90 Å². The quantitative estimate of drug-likeness (QED) is 0.519. The maximum absolute atomic E-state index is 11.9. The van der Waals surface area contributed by atoms with E-state index < -0.39 is 18.1 Å². The minimum Gasteiger partial charge on any atom is -0.394 e. The molecule has 5 N–H and O–H groups in total. The topological polar surface area (TPSA) is 119 Å². The third-order valence-electron chi connectivity index (χ3n) is 2.58. The van der Waals surface area contributed by atoms with E-state index >= 15 is 0 Å². The van der Waals surface area contributed by atoms with E-state index in [1.807, 2.05) is 6.92 Å². The number of ether oxygens (including phenoxy) is 1. The lowest BCUT2D eigenvalue weighted by molar-refractivity contribution is -0.149. The monoisotopic (exact) mass is 245 g/mol. The van der Waals surface area contributed by atoms with Crippen molar-refractivity contribution in [3.8, 4) is 0 Å². The van der Waals surface area contributed by atoms with Gasteiger partial charge in [0.1, 0.15) is 0 Å². The average Bonchev–Trinajstić information content (AvgIpc) is 2.26. The van der Waals surface area contributed by atoms with Gasteiger partial charge in [0.05, 0.1) is 31.3 Å². The Labute approximate surface area is 99.7 Å². The summed E-state index contributed by atoms with van der Waals surface area (Å²) in [5.74, 6) is -0.941. The van der Waals surface area contributed by atoms with E-state index in [0.717, 1.165) is 0 Å². The van der Waals surface area contributed by atoms with Crippen molar-refractivity contribution in [3.05, 3.63) is 0 Å². The number of rotatable bonds is 4. The van der Waals surface area contributed by atoms with E-state index in [9.17, 15) is 9.59 Å². The Bertz CT molecular complexity index is 297. The van der Waals surface area contributed by atoms with Gasteiger partial charge in [0, 0.05) is 13.1 Å². The molecule has 0 spiro atoms. The number of nitrogens with two attached hydrogens (primary N) is 2. The lowest BCUT2D eigenvalue weighted by Gasteiger charge is -2.37. The van der Waals surface area contributed by atoms with Gasteiger partial charge < -0.3 is 26.2 Å². The molecule has 0 saturated carbocycles. The van der Waals surface area contributed by atoms with Crippen LogP contribution in [0.3, 0.4) is 0 Å². The second kappa shape index (κ2) is 5.95. The average molecular weight is 245 g/mol. The summed E-state index contributed by atoms with van der Waals surface area (Å²) in [4.78, 5) is 24.1. The smallest absolute Gasteiger partial charge is 0.240 e. The van der Waals surface area contributed by atoms with E-state index in [4.69, 9.17) is 21.3 Å². The van der Waals surface area contributed by atoms with Crippen LogP contribution in [-0.4, -0.2) is 59.8 Å². The first-order valence-electron chi connectivity index (χ1n) is 5.53. The first-order valence-corrected chi connectivity index (χ1v) is 5.53. The number of primary amides is 1. The van der Waals surface area contributed by atoms with Crippen molar-refractivity contribution in [3.63, 3.8) is 0 Å². The zero-order valence-electron chi connectivity index (χ0n) is 9.83. The predicted molar refractivity (Wildman–Crippen MR) is 59.8 cm³/mol. The molecule has 17 heavy (non-hydrogen) atoms. The molecule has 0 aromatic carbocycles. The molecule has 0 aliphatic carbocycles. The van der Waals surface area contributed by atoms with Crippen molar-refractivity contribution < 1.29 is 19.4 Å². The summed E-state index contributed by atoms with van der Waals surface area (Å²) in [6, 6.07) is -0.919. The summed E-state index contributed by atoms with van der Waals surface area (Å²) in [6.45, 7) is 2.34. The molecular weight excluding hydrogens is 226 g/mol. The molecule has 3 atom stereocenters. The fourth-order valence-corrected chi connectivity index (χ4v) is 1.86. The number of hydrogen-bond acceptors (Lipinski definition) is 5. The summed E-state index contributed by atoms with van der Waals surface area (Å²) in [5, 5.41) is 9.02. The predicted octanol–water partition coefficient (Wildman–Crippen LogP) is -2.20. The number of carbonyl (C=O) groups excluding carboxylic acids is 2. The molecule has 3 unspecified atom stereocenters. The highest BCUT2D eigenvalue weighted by molar-refractivity contribution is 5.87. The van der Waals surface area contributed by atoms with Crippen LogP contribution in [0.2, 0.25) is 0 Å². The lowest BCUT2D eigenvalue weighted by atomic mass is 10.1. The van der Waals surface area contributed by atoms with Gasteiger partial charge in [0.15, 0.2) is 0 Å². The van der Waals surface area contributed by atoms with Gasteiger partial charge in [-0.15, -0.1) is 0 Å². The van der Waals surface area contributed by atoms with Crippen LogP contribution in [0.5, 0.6) is 0 Å². The van der Waals surface area contributed by atoms with Crippen molar-refractivity contribution in [1.29, 1.82) is 0 Å². The highest BCUT2D eigenvalue weighted by Gasteiger charge is 2.30. The molecule has 1 fully saturated rings. The Kier molecular flexibility index (Phi) is 4.86. The molecule has 0 aromatic heterocycles. The molecule has 1 aliphatic rings. The molecule has 0 bridgehead atoms. The molecule has 0 radical (unpaired) electrons. The fourth-order valence-electron chi connectivity index (χ4n) is 1.86. The van der Waals surface area contributed by atoms with Crippen LogP contribution in [-0.2, 0) is 14.3 Å². The van der Waals surface area contributed by atoms with E-state index in [2.05, 4.69) is 0 Å². The summed E-state index contributed by atoms with van der Waals surface area (Å²) in [7, 11) is 0. The lowest BCUT2D eigenvalue weighted by Crippen LogP contribution is -2.55. The number of aliphatic hydroxyl groups excluding tert-OH is 1. The highest BCUT2D eigenvalue weighted by Crippen LogP contribution is 2.12. The first-order chi connectivity index (χ1) is 7.93. The van der Waals surface area contributed by atoms with Crippen molar-refractivity contribution >= 4 is 11.8 Å². The number of morpholine rings is 1. The van der Waals surface area contributed by atoms with Gasteiger partial charge in [0.2, 0.25) is 11.8 Å². The maximum atomic E-state index is 11.9. The van der Waals surface area contributed by atoms with Gasteiger partial charge >= 0.3 is 0 Å². The zero-order valence-corrected chi connectivity index (χ0v) is 9.83. The van der Waals surface area contributed by atoms with Gasteiger partial charge in [-0.1, -0.05) is 0 Å². The summed E-state index contributed by atoms with van der Waals surface area (Å²) in [6.07, 6.45) is -0.733. The SMILES string of the molecule is CC1CN(C(=O)C(N)CC(N)=O)CC(CO)O1. The number of nitrogens with zero attached hydrogens (tertiary/aromatic N) is 1. The van der Waals surface area contributed by atoms with Crippen molar-refractivity contribution in [2.24, 2.45) is 11.5 Å². The van der Waals surface area contributed by atoms with Gasteiger partial charge in [-0.3, -0.25) is 9.59 Å². The molecule has 98 valence electrons. The largest absolute Gasteiger partial charge is 0.394 e. The Morgan fingerprint density at radius 3 is 2.71 bits per heavy atom.